The predicted molar refractivity (Wildman–Crippen MR) is 126 cm³/mol. The van der Waals surface area contributed by atoms with Crippen LogP contribution in [-0.4, -0.2) is 60.0 Å². The first-order chi connectivity index (χ1) is 14.8. The maximum Gasteiger partial charge on any atom is 0.193 e. The summed E-state index contributed by atoms with van der Waals surface area (Å²) in [5.74, 6) is 1.79. The van der Waals surface area contributed by atoms with Crippen LogP contribution in [-0.2, 0) is 19.4 Å². The van der Waals surface area contributed by atoms with Gasteiger partial charge in [-0.2, -0.15) is 0 Å². The zero-order valence-electron chi connectivity index (χ0n) is 18.4. The first-order valence-electron chi connectivity index (χ1n) is 11.4. The van der Waals surface area contributed by atoms with Crippen molar-refractivity contribution >= 4 is 17.3 Å². The highest BCUT2D eigenvalue weighted by molar-refractivity contribution is 7.11. The van der Waals surface area contributed by atoms with E-state index in [9.17, 15) is 0 Å². The van der Waals surface area contributed by atoms with Crippen LogP contribution in [0, 0.1) is 5.92 Å². The van der Waals surface area contributed by atoms with E-state index in [0.717, 1.165) is 50.9 Å². The fourth-order valence-electron chi connectivity index (χ4n) is 4.95. The van der Waals surface area contributed by atoms with Crippen LogP contribution in [0.3, 0.4) is 0 Å². The van der Waals surface area contributed by atoms with E-state index in [0.29, 0.717) is 6.04 Å². The van der Waals surface area contributed by atoms with Gasteiger partial charge in [-0.1, -0.05) is 37.3 Å². The number of aryl methyl sites for hydroxylation is 1. The summed E-state index contributed by atoms with van der Waals surface area (Å²) in [6, 6.07) is 11.6. The van der Waals surface area contributed by atoms with Gasteiger partial charge >= 0.3 is 0 Å². The Kier molecular flexibility index (Phi) is 7.39. The molecular formula is C24H35N5S. The molecule has 5 nitrogen and oxygen atoms in total. The van der Waals surface area contributed by atoms with Crippen molar-refractivity contribution < 1.29 is 0 Å². The summed E-state index contributed by atoms with van der Waals surface area (Å²) >= 11 is 1.83. The summed E-state index contributed by atoms with van der Waals surface area (Å²) in [5.41, 5.74) is 1.44. The third-order valence-corrected chi connectivity index (χ3v) is 7.70. The highest BCUT2D eigenvalue weighted by atomic mass is 32.1. The second kappa shape index (κ2) is 10.4. The number of rotatable bonds is 6. The smallest absolute Gasteiger partial charge is 0.193 e. The number of hydrogen-bond acceptors (Lipinski definition) is 4. The molecule has 0 amide bonds. The van der Waals surface area contributed by atoms with Crippen LogP contribution in [0.2, 0.25) is 0 Å². The number of nitrogens with one attached hydrogen (secondary N) is 1. The van der Waals surface area contributed by atoms with Gasteiger partial charge in [0.05, 0.1) is 5.01 Å². The average Bonchev–Trinajstić information content (AvgIpc) is 3.25. The molecule has 2 aliphatic rings. The van der Waals surface area contributed by atoms with Crippen LogP contribution in [0.25, 0.3) is 0 Å². The fourth-order valence-corrected chi connectivity index (χ4v) is 5.82. The van der Waals surface area contributed by atoms with Crippen molar-refractivity contribution in [2.45, 2.75) is 51.6 Å². The molecule has 0 bridgehead atoms. The number of aliphatic imine (C=N–C) groups is 1. The van der Waals surface area contributed by atoms with E-state index in [1.165, 1.54) is 41.3 Å². The molecule has 6 heteroatoms. The van der Waals surface area contributed by atoms with Crippen molar-refractivity contribution in [1.29, 1.82) is 0 Å². The molecule has 30 heavy (non-hydrogen) atoms. The molecular weight excluding hydrogens is 390 g/mol. The van der Waals surface area contributed by atoms with Crippen molar-refractivity contribution in [1.82, 2.24) is 20.1 Å². The van der Waals surface area contributed by atoms with E-state index in [1.807, 2.05) is 24.6 Å². The van der Waals surface area contributed by atoms with Gasteiger partial charge in [-0.3, -0.25) is 9.89 Å². The summed E-state index contributed by atoms with van der Waals surface area (Å²) in [7, 11) is 1.91. The van der Waals surface area contributed by atoms with Gasteiger partial charge < -0.3 is 10.2 Å². The minimum atomic E-state index is 0.705. The molecule has 4 rings (SSSR count). The van der Waals surface area contributed by atoms with E-state index in [1.54, 1.807) is 0 Å². The molecule has 2 aliphatic heterocycles. The van der Waals surface area contributed by atoms with Crippen LogP contribution < -0.4 is 5.32 Å². The highest BCUT2D eigenvalue weighted by Gasteiger charge is 2.36. The van der Waals surface area contributed by atoms with Gasteiger partial charge in [0.2, 0.25) is 0 Å². The number of hydrogen-bond donors (Lipinski definition) is 1. The Labute approximate surface area is 185 Å². The lowest BCUT2D eigenvalue weighted by Gasteiger charge is -2.48. The quantitative estimate of drug-likeness (QED) is 0.565. The molecule has 1 N–H and O–H groups in total. The minimum absolute atomic E-state index is 0.705. The van der Waals surface area contributed by atoms with Crippen molar-refractivity contribution in [3.8, 4) is 0 Å². The zero-order chi connectivity index (χ0) is 20.8. The Bertz CT molecular complexity index is 818. The molecule has 2 saturated heterocycles. The van der Waals surface area contributed by atoms with Crippen LogP contribution >= 0.6 is 11.3 Å². The molecule has 0 radical (unpaired) electrons. The molecule has 1 aromatic carbocycles. The van der Waals surface area contributed by atoms with Crippen molar-refractivity contribution in [3.63, 3.8) is 0 Å². The third kappa shape index (κ3) is 5.22. The summed E-state index contributed by atoms with van der Waals surface area (Å²) < 4.78 is 0. The number of likely N-dealkylation sites (tertiary alicyclic amines) is 2. The second-order valence-corrected chi connectivity index (χ2v) is 9.66. The number of thiazole rings is 1. The lowest BCUT2D eigenvalue weighted by molar-refractivity contribution is 0.0373. The lowest BCUT2D eigenvalue weighted by atomic mass is 9.83. The van der Waals surface area contributed by atoms with Crippen molar-refractivity contribution in [2.75, 3.05) is 33.2 Å². The average molecular weight is 426 g/mol. The molecule has 0 aliphatic carbocycles. The first-order valence-corrected chi connectivity index (χ1v) is 12.3. The van der Waals surface area contributed by atoms with E-state index < -0.39 is 0 Å². The lowest BCUT2D eigenvalue weighted by Crippen LogP contribution is -2.56. The number of aromatic nitrogens is 1. The van der Waals surface area contributed by atoms with Crippen LogP contribution in [0.4, 0.5) is 0 Å². The number of fused-ring (bicyclic) bond motifs is 1. The van der Waals surface area contributed by atoms with Gasteiger partial charge in [-0.05, 0) is 43.7 Å². The van der Waals surface area contributed by atoms with E-state index >= 15 is 0 Å². The van der Waals surface area contributed by atoms with E-state index in [-0.39, 0.29) is 0 Å². The Morgan fingerprint density at radius 3 is 2.87 bits per heavy atom. The maximum atomic E-state index is 4.59. The zero-order valence-corrected chi connectivity index (χ0v) is 19.2. The van der Waals surface area contributed by atoms with Crippen LogP contribution in [0.15, 0.2) is 41.5 Å². The molecule has 162 valence electrons. The van der Waals surface area contributed by atoms with E-state index in [2.05, 4.69) is 62.3 Å². The largest absolute Gasteiger partial charge is 0.356 e. The Balaban J connectivity index is 1.30. The number of guanidine groups is 1. The number of benzene rings is 1. The van der Waals surface area contributed by atoms with Crippen LogP contribution in [0.5, 0.6) is 0 Å². The molecule has 0 saturated carbocycles. The monoisotopic (exact) mass is 425 g/mol. The Morgan fingerprint density at radius 2 is 2.10 bits per heavy atom. The molecule has 2 fully saturated rings. The normalized spacial score (nSPS) is 22.7. The molecule has 0 spiro atoms. The summed E-state index contributed by atoms with van der Waals surface area (Å²) in [6.07, 6.45) is 7.92. The van der Waals surface area contributed by atoms with Crippen LogP contribution in [0.1, 0.15) is 41.6 Å². The maximum absolute atomic E-state index is 4.59. The summed E-state index contributed by atoms with van der Waals surface area (Å²) in [5, 5.41) is 4.81. The van der Waals surface area contributed by atoms with Crippen molar-refractivity contribution in [2.24, 2.45) is 10.9 Å². The molecule has 2 atom stereocenters. The van der Waals surface area contributed by atoms with Gasteiger partial charge in [0, 0.05) is 56.8 Å². The number of piperidine rings is 2. The second-order valence-electron chi connectivity index (χ2n) is 8.46. The summed E-state index contributed by atoms with van der Waals surface area (Å²) in [6.45, 7) is 7.61. The fraction of sp³-hybridized carbons (Fsp3) is 0.583. The topological polar surface area (TPSA) is 43.8 Å². The van der Waals surface area contributed by atoms with Gasteiger partial charge in [-0.25, -0.2) is 4.98 Å². The Morgan fingerprint density at radius 1 is 1.23 bits per heavy atom. The Hall–Kier alpha value is -1.92. The molecule has 2 aromatic rings. The SMILES string of the molecule is CCc1cnc(CCNC(=NC)N2CCC3C(CCCN3Cc3ccccc3)C2)s1. The molecule has 2 unspecified atom stereocenters. The first kappa shape index (κ1) is 21.3. The number of nitrogens with zero attached hydrogens (tertiary/aromatic N) is 4. The molecule has 3 heterocycles. The van der Waals surface area contributed by atoms with Gasteiger partial charge in [0.25, 0.3) is 0 Å². The van der Waals surface area contributed by atoms with Crippen molar-refractivity contribution in [3.05, 3.63) is 52.0 Å². The minimum Gasteiger partial charge on any atom is -0.356 e. The standard InChI is InChI=1S/C24H35N5S/c1-3-21-16-27-23(30-21)11-13-26-24(25-2)29-15-12-22-20(18-29)10-7-14-28(22)17-19-8-5-4-6-9-19/h4-6,8-9,16,20,22H,3,7,10-15,17-18H2,1-2H3,(H,25,26). The van der Waals surface area contributed by atoms with Gasteiger partial charge in [0.1, 0.15) is 0 Å². The predicted octanol–water partition coefficient (Wildman–Crippen LogP) is 3.81. The summed E-state index contributed by atoms with van der Waals surface area (Å²) in [4.78, 5) is 15.7. The third-order valence-electron chi connectivity index (χ3n) is 6.49. The molecule has 1 aromatic heterocycles. The van der Waals surface area contributed by atoms with Gasteiger partial charge in [0.15, 0.2) is 5.96 Å². The van der Waals surface area contributed by atoms with Gasteiger partial charge in [-0.15, -0.1) is 11.3 Å². The highest BCUT2D eigenvalue weighted by Crippen LogP contribution is 2.31. The van der Waals surface area contributed by atoms with E-state index in [4.69, 9.17) is 0 Å².